The Labute approximate surface area is 168 Å². The maximum absolute atomic E-state index is 12.7. The number of benzene rings is 1. The second-order valence-electron chi connectivity index (χ2n) is 7.60. The number of carbonyl (C=O) groups excluding carboxylic acids is 1. The van der Waals surface area contributed by atoms with Gasteiger partial charge in [0.05, 0.1) is 30.4 Å². The van der Waals surface area contributed by atoms with Gasteiger partial charge in [-0.2, -0.15) is 15.3 Å². The van der Waals surface area contributed by atoms with Crippen LogP contribution in [0.15, 0.2) is 36.7 Å². The Morgan fingerprint density at radius 2 is 1.93 bits per heavy atom. The van der Waals surface area contributed by atoms with Crippen molar-refractivity contribution >= 4 is 22.7 Å². The summed E-state index contributed by atoms with van der Waals surface area (Å²) in [4.78, 5) is 25.4. The number of piperidine rings is 1. The number of carbonyl (C=O) groups is 2. The summed E-state index contributed by atoms with van der Waals surface area (Å²) < 4.78 is 1.76. The van der Waals surface area contributed by atoms with Crippen LogP contribution in [0.2, 0.25) is 0 Å². The zero-order valence-electron chi connectivity index (χ0n) is 16.3. The van der Waals surface area contributed by atoms with Crippen molar-refractivity contribution < 1.29 is 14.7 Å². The first kappa shape index (κ1) is 19.2. The SMILES string of the molecule is Cn1cc(-c2ccc3nnc(CC(=O)C4CCN(CC(=O)O)CC4)cc3c2)cn1. The Hall–Kier alpha value is -3.13. The number of aliphatic carboxylic acids is 1. The maximum Gasteiger partial charge on any atom is 0.317 e. The Kier molecular flexibility index (Phi) is 5.35. The zero-order chi connectivity index (χ0) is 20.4. The highest BCUT2D eigenvalue weighted by Gasteiger charge is 2.26. The topological polar surface area (TPSA) is 101 Å². The quantitative estimate of drug-likeness (QED) is 0.683. The Balaban J connectivity index is 1.45. The molecule has 8 heteroatoms. The molecule has 1 aromatic carbocycles. The molecule has 0 atom stereocenters. The summed E-state index contributed by atoms with van der Waals surface area (Å²) in [6.45, 7) is 1.32. The summed E-state index contributed by atoms with van der Waals surface area (Å²) in [5.74, 6) is -0.719. The van der Waals surface area contributed by atoms with Crippen LogP contribution < -0.4 is 0 Å². The first-order chi connectivity index (χ1) is 14.0. The molecule has 0 bridgehead atoms. The van der Waals surface area contributed by atoms with E-state index < -0.39 is 5.97 Å². The van der Waals surface area contributed by atoms with Gasteiger partial charge in [-0.3, -0.25) is 19.2 Å². The fourth-order valence-corrected chi connectivity index (χ4v) is 3.85. The molecule has 1 fully saturated rings. The average molecular weight is 393 g/mol. The minimum Gasteiger partial charge on any atom is -0.480 e. The minimum atomic E-state index is -0.827. The third kappa shape index (κ3) is 4.48. The van der Waals surface area contributed by atoms with Gasteiger partial charge in [-0.15, -0.1) is 0 Å². The molecular weight excluding hydrogens is 370 g/mol. The van der Waals surface area contributed by atoms with E-state index in [9.17, 15) is 9.59 Å². The van der Waals surface area contributed by atoms with Crippen molar-refractivity contribution in [2.75, 3.05) is 19.6 Å². The van der Waals surface area contributed by atoms with Crippen molar-refractivity contribution in [1.82, 2.24) is 24.9 Å². The molecule has 8 nitrogen and oxygen atoms in total. The maximum atomic E-state index is 12.7. The Morgan fingerprint density at radius 3 is 2.62 bits per heavy atom. The van der Waals surface area contributed by atoms with Gasteiger partial charge < -0.3 is 5.11 Å². The van der Waals surface area contributed by atoms with E-state index in [0.29, 0.717) is 31.6 Å². The molecule has 1 aliphatic heterocycles. The van der Waals surface area contributed by atoms with Crippen LogP contribution in [0.3, 0.4) is 0 Å². The fourth-order valence-electron chi connectivity index (χ4n) is 3.85. The van der Waals surface area contributed by atoms with Crippen molar-refractivity contribution in [3.8, 4) is 11.1 Å². The lowest BCUT2D eigenvalue weighted by molar-refractivity contribution is -0.138. The Bertz CT molecular complexity index is 1050. The molecule has 1 aliphatic rings. The highest BCUT2D eigenvalue weighted by Crippen LogP contribution is 2.24. The number of likely N-dealkylation sites (tertiary alicyclic amines) is 1. The van der Waals surface area contributed by atoms with Crippen LogP contribution in [-0.2, 0) is 23.1 Å². The predicted octanol–water partition coefficient (Wildman–Crippen LogP) is 1.94. The molecule has 0 aliphatic carbocycles. The average Bonchev–Trinajstić information content (AvgIpc) is 3.14. The molecule has 3 aromatic rings. The van der Waals surface area contributed by atoms with Gasteiger partial charge in [-0.1, -0.05) is 6.07 Å². The van der Waals surface area contributed by atoms with E-state index in [1.165, 1.54) is 0 Å². The van der Waals surface area contributed by atoms with Gasteiger partial charge in [0.1, 0.15) is 5.78 Å². The number of hydrogen-bond acceptors (Lipinski definition) is 6. The summed E-state index contributed by atoms with van der Waals surface area (Å²) in [5.41, 5.74) is 3.52. The predicted molar refractivity (Wildman–Crippen MR) is 107 cm³/mol. The molecule has 150 valence electrons. The normalized spacial score (nSPS) is 15.6. The van der Waals surface area contributed by atoms with Crippen LogP contribution in [0.4, 0.5) is 0 Å². The van der Waals surface area contributed by atoms with Crippen LogP contribution in [0.1, 0.15) is 18.5 Å². The van der Waals surface area contributed by atoms with Crippen molar-refractivity contribution in [1.29, 1.82) is 0 Å². The fraction of sp³-hybridized carbons (Fsp3) is 0.381. The van der Waals surface area contributed by atoms with E-state index in [2.05, 4.69) is 15.3 Å². The molecule has 0 radical (unpaired) electrons. The molecule has 0 amide bonds. The first-order valence-corrected chi connectivity index (χ1v) is 9.70. The van der Waals surface area contributed by atoms with E-state index in [1.807, 2.05) is 48.6 Å². The molecular formula is C21H23N5O3. The Morgan fingerprint density at radius 1 is 1.14 bits per heavy atom. The summed E-state index contributed by atoms with van der Waals surface area (Å²) in [5, 5.41) is 22.5. The van der Waals surface area contributed by atoms with E-state index in [0.717, 1.165) is 22.0 Å². The van der Waals surface area contributed by atoms with Gasteiger partial charge in [-0.25, -0.2) is 0 Å². The molecule has 0 saturated carbocycles. The first-order valence-electron chi connectivity index (χ1n) is 9.70. The number of aromatic nitrogens is 4. The van der Waals surface area contributed by atoms with Crippen LogP contribution in [0, 0.1) is 5.92 Å². The molecule has 1 N–H and O–H groups in total. The number of Topliss-reactive ketones (excluding diaryl/α,β-unsaturated/α-hetero) is 1. The molecule has 29 heavy (non-hydrogen) atoms. The smallest absolute Gasteiger partial charge is 0.317 e. The third-order valence-corrected chi connectivity index (χ3v) is 5.43. The lowest BCUT2D eigenvalue weighted by Gasteiger charge is -2.29. The number of nitrogens with zero attached hydrogens (tertiary/aromatic N) is 5. The number of fused-ring (bicyclic) bond motifs is 1. The largest absolute Gasteiger partial charge is 0.480 e. The molecule has 4 rings (SSSR count). The number of hydrogen-bond donors (Lipinski definition) is 1. The summed E-state index contributed by atoms with van der Waals surface area (Å²) in [6.07, 6.45) is 5.41. The van der Waals surface area contributed by atoms with E-state index >= 15 is 0 Å². The van der Waals surface area contributed by atoms with Gasteiger partial charge in [0.15, 0.2) is 0 Å². The minimum absolute atomic E-state index is 0.0380. The van der Waals surface area contributed by atoms with Crippen molar-refractivity contribution in [2.45, 2.75) is 19.3 Å². The second kappa shape index (κ2) is 8.08. The van der Waals surface area contributed by atoms with Gasteiger partial charge in [0.25, 0.3) is 0 Å². The lowest BCUT2D eigenvalue weighted by Crippen LogP contribution is -2.39. The third-order valence-electron chi connectivity index (χ3n) is 5.43. The van der Waals surface area contributed by atoms with Crippen molar-refractivity contribution in [3.05, 3.63) is 42.4 Å². The number of carboxylic acids is 1. The summed E-state index contributed by atoms with van der Waals surface area (Å²) in [6, 6.07) is 7.89. The summed E-state index contributed by atoms with van der Waals surface area (Å²) in [7, 11) is 1.88. The van der Waals surface area contributed by atoms with E-state index in [4.69, 9.17) is 5.11 Å². The molecule has 0 unspecified atom stereocenters. The van der Waals surface area contributed by atoms with Crippen molar-refractivity contribution in [3.63, 3.8) is 0 Å². The number of aryl methyl sites for hydroxylation is 1. The van der Waals surface area contributed by atoms with E-state index in [-0.39, 0.29) is 24.7 Å². The van der Waals surface area contributed by atoms with E-state index in [1.54, 1.807) is 4.68 Å². The standard InChI is InChI=1S/C21H23N5O3/c1-25-12-17(11-22-25)15-2-3-19-16(8-15)9-18(23-24-19)10-20(27)14-4-6-26(7-5-14)13-21(28)29/h2-3,8-9,11-12,14H,4-7,10,13H2,1H3,(H,28,29). The summed E-state index contributed by atoms with van der Waals surface area (Å²) >= 11 is 0. The lowest BCUT2D eigenvalue weighted by atomic mass is 9.90. The number of carboxylic acid groups (broad SMARTS) is 1. The molecule has 1 saturated heterocycles. The van der Waals surface area contributed by atoms with Gasteiger partial charge in [0.2, 0.25) is 0 Å². The van der Waals surface area contributed by atoms with Crippen LogP contribution in [-0.4, -0.2) is 61.4 Å². The molecule has 3 heterocycles. The number of ketones is 1. The van der Waals surface area contributed by atoms with Gasteiger partial charge >= 0.3 is 5.97 Å². The second-order valence-corrected chi connectivity index (χ2v) is 7.60. The van der Waals surface area contributed by atoms with Crippen LogP contribution in [0.25, 0.3) is 22.0 Å². The zero-order valence-corrected chi connectivity index (χ0v) is 16.3. The van der Waals surface area contributed by atoms with Crippen LogP contribution in [0.5, 0.6) is 0 Å². The van der Waals surface area contributed by atoms with Gasteiger partial charge in [0, 0.05) is 30.1 Å². The molecule has 0 spiro atoms. The van der Waals surface area contributed by atoms with Crippen LogP contribution >= 0.6 is 0 Å². The molecule has 2 aromatic heterocycles. The highest BCUT2D eigenvalue weighted by molar-refractivity contribution is 5.86. The van der Waals surface area contributed by atoms with Gasteiger partial charge in [-0.05, 0) is 49.7 Å². The van der Waals surface area contributed by atoms with Crippen molar-refractivity contribution in [2.24, 2.45) is 13.0 Å². The highest BCUT2D eigenvalue weighted by atomic mass is 16.4. The number of rotatable bonds is 6. The monoisotopic (exact) mass is 393 g/mol.